The van der Waals surface area contributed by atoms with Crippen LogP contribution in [0.5, 0.6) is 0 Å². The van der Waals surface area contributed by atoms with Gasteiger partial charge in [0.25, 0.3) is 0 Å². The second-order valence-electron chi connectivity index (χ2n) is 6.26. The van der Waals surface area contributed by atoms with E-state index in [0.717, 1.165) is 31.6 Å². The third-order valence-electron chi connectivity index (χ3n) is 3.57. The Hall–Kier alpha value is -0.0400. The SMILES string of the molecule is CCCC(CCO)CN=C(N)NC(C)CCCC(C)C.I. The number of aliphatic hydroxyl groups excluding tert-OH is 1. The minimum atomic E-state index is 0. The highest BCUT2D eigenvalue weighted by Gasteiger charge is 2.08. The van der Waals surface area contributed by atoms with E-state index in [-0.39, 0.29) is 30.6 Å². The zero-order valence-corrected chi connectivity index (χ0v) is 16.6. The molecule has 4 nitrogen and oxygen atoms in total. The molecule has 0 aromatic rings. The van der Waals surface area contributed by atoms with Gasteiger partial charge >= 0.3 is 0 Å². The standard InChI is InChI=1S/C16H35N3O.HI/c1-5-7-15(10-11-20)12-18-16(17)19-14(4)9-6-8-13(2)3;/h13-15,20H,5-12H2,1-4H3,(H3,17,18,19);1H. The molecule has 0 aromatic heterocycles. The molecule has 2 unspecified atom stereocenters. The maximum absolute atomic E-state index is 9.02. The Morgan fingerprint density at radius 3 is 2.33 bits per heavy atom. The molecule has 0 radical (unpaired) electrons. The summed E-state index contributed by atoms with van der Waals surface area (Å²) in [5.41, 5.74) is 5.92. The molecule has 0 bridgehead atoms. The quantitative estimate of drug-likeness (QED) is 0.276. The molecular formula is C16H36IN3O. The minimum Gasteiger partial charge on any atom is -0.396 e. The van der Waals surface area contributed by atoms with Crippen molar-refractivity contribution in [3.8, 4) is 0 Å². The molecule has 128 valence electrons. The summed E-state index contributed by atoms with van der Waals surface area (Å²) >= 11 is 0. The Labute approximate surface area is 148 Å². The number of guanidine groups is 1. The first kappa shape index (κ1) is 23.2. The van der Waals surface area contributed by atoms with Crippen molar-refractivity contribution in [2.24, 2.45) is 22.6 Å². The summed E-state index contributed by atoms with van der Waals surface area (Å²) in [5.74, 6) is 1.75. The highest BCUT2D eigenvalue weighted by molar-refractivity contribution is 14.0. The topological polar surface area (TPSA) is 70.6 Å². The van der Waals surface area contributed by atoms with Gasteiger partial charge in [-0.05, 0) is 38.0 Å². The fraction of sp³-hybridized carbons (Fsp3) is 0.938. The Balaban J connectivity index is 0. The molecule has 0 aliphatic rings. The molecule has 0 fully saturated rings. The van der Waals surface area contributed by atoms with Crippen molar-refractivity contribution in [3.05, 3.63) is 0 Å². The fourth-order valence-electron chi connectivity index (χ4n) is 2.35. The van der Waals surface area contributed by atoms with E-state index >= 15 is 0 Å². The van der Waals surface area contributed by atoms with E-state index < -0.39 is 0 Å². The summed E-state index contributed by atoms with van der Waals surface area (Å²) in [4.78, 5) is 4.42. The Morgan fingerprint density at radius 2 is 1.81 bits per heavy atom. The average Bonchev–Trinajstić information content (AvgIpc) is 2.36. The van der Waals surface area contributed by atoms with E-state index in [1.165, 1.54) is 12.8 Å². The lowest BCUT2D eigenvalue weighted by molar-refractivity contribution is 0.253. The van der Waals surface area contributed by atoms with Crippen LogP contribution < -0.4 is 11.1 Å². The maximum Gasteiger partial charge on any atom is 0.188 e. The Kier molecular flexibility index (Phi) is 16.5. The van der Waals surface area contributed by atoms with Gasteiger partial charge in [-0.25, -0.2) is 0 Å². The predicted molar refractivity (Wildman–Crippen MR) is 103 cm³/mol. The van der Waals surface area contributed by atoms with E-state index in [0.29, 0.717) is 24.5 Å². The number of aliphatic imine (C=N–C) groups is 1. The van der Waals surface area contributed by atoms with Crippen LogP contribution in [0.3, 0.4) is 0 Å². The Bertz CT molecular complexity index is 254. The second-order valence-corrected chi connectivity index (χ2v) is 6.26. The van der Waals surface area contributed by atoms with E-state index in [1.807, 2.05) is 0 Å². The third-order valence-corrected chi connectivity index (χ3v) is 3.57. The zero-order valence-electron chi connectivity index (χ0n) is 14.3. The molecular weight excluding hydrogens is 377 g/mol. The predicted octanol–water partition coefficient (Wildman–Crippen LogP) is 3.52. The van der Waals surface area contributed by atoms with Crippen molar-refractivity contribution >= 4 is 29.9 Å². The largest absolute Gasteiger partial charge is 0.396 e. The van der Waals surface area contributed by atoms with Crippen LogP contribution >= 0.6 is 24.0 Å². The number of aliphatic hydroxyl groups is 1. The Morgan fingerprint density at radius 1 is 1.14 bits per heavy atom. The third kappa shape index (κ3) is 14.7. The van der Waals surface area contributed by atoms with Crippen molar-refractivity contribution < 1.29 is 5.11 Å². The highest BCUT2D eigenvalue weighted by Crippen LogP contribution is 2.11. The summed E-state index contributed by atoms with van der Waals surface area (Å²) in [5, 5.41) is 12.3. The molecule has 5 heteroatoms. The molecule has 0 spiro atoms. The van der Waals surface area contributed by atoms with Gasteiger partial charge in [0, 0.05) is 19.2 Å². The van der Waals surface area contributed by atoms with Crippen LogP contribution in [0.25, 0.3) is 0 Å². The molecule has 2 atom stereocenters. The van der Waals surface area contributed by atoms with Crippen LogP contribution in [0.4, 0.5) is 0 Å². The van der Waals surface area contributed by atoms with E-state index in [2.05, 4.69) is 38.0 Å². The maximum atomic E-state index is 9.02. The van der Waals surface area contributed by atoms with Gasteiger partial charge < -0.3 is 16.2 Å². The van der Waals surface area contributed by atoms with Gasteiger partial charge in [-0.15, -0.1) is 24.0 Å². The summed E-state index contributed by atoms with van der Waals surface area (Å²) in [6.07, 6.45) is 6.65. The molecule has 21 heavy (non-hydrogen) atoms. The molecule has 4 N–H and O–H groups in total. The van der Waals surface area contributed by atoms with Gasteiger partial charge in [0.1, 0.15) is 0 Å². The van der Waals surface area contributed by atoms with Crippen LogP contribution in [0, 0.1) is 11.8 Å². The first-order valence-corrected chi connectivity index (χ1v) is 8.16. The molecule has 0 aromatic carbocycles. The molecule has 0 amide bonds. The van der Waals surface area contributed by atoms with Gasteiger partial charge in [0.15, 0.2) is 5.96 Å². The van der Waals surface area contributed by atoms with Crippen LogP contribution in [0.1, 0.15) is 66.2 Å². The minimum absolute atomic E-state index is 0. The normalized spacial score (nSPS) is 14.7. The van der Waals surface area contributed by atoms with Gasteiger partial charge in [0.2, 0.25) is 0 Å². The van der Waals surface area contributed by atoms with Gasteiger partial charge in [-0.2, -0.15) is 0 Å². The fourth-order valence-corrected chi connectivity index (χ4v) is 2.35. The van der Waals surface area contributed by atoms with E-state index in [1.54, 1.807) is 0 Å². The van der Waals surface area contributed by atoms with Crippen molar-refractivity contribution in [2.75, 3.05) is 13.2 Å². The van der Waals surface area contributed by atoms with Gasteiger partial charge in [-0.3, -0.25) is 4.99 Å². The van der Waals surface area contributed by atoms with Crippen molar-refractivity contribution in [3.63, 3.8) is 0 Å². The number of halogens is 1. The molecule has 0 rings (SSSR count). The van der Waals surface area contributed by atoms with Crippen LogP contribution in [-0.2, 0) is 0 Å². The van der Waals surface area contributed by atoms with Crippen molar-refractivity contribution in [1.82, 2.24) is 5.32 Å². The van der Waals surface area contributed by atoms with Crippen LogP contribution in [0.15, 0.2) is 4.99 Å². The number of hydrogen-bond acceptors (Lipinski definition) is 2. The number of nitrogens with zero attached hydrogens (tertiary/aromatic N) is 1. The second kappa shape index (κ2) is 14.9. The average molecular weight is 413 g/mol. The van der Waals surface area contributed by atoms with E-state index in [9.17, 15) is 0 Å². The first-order valence-electron chi connectivity index (χ1n) is 8.16. The first-order chi connectivity index (χ1) is 9.49. The summed E-state index contributed by atoms with van der Waals surface area (Å²) in [6, 6.07) is 0.375. The number of rotatable bonds is 11. The van der Waals surface area contributed by atoms with Crippen molar-refractivity contribution in [2.45, 2.75) is 72.3 Å². The number of nitrogens with one attached hydrogen (secondary N) is 1. The number of nitrogens with two attached hydrogens (primary N) is 1. The van der Waals surface area contributed by atoms with Crippen LogP contribution in [-0.4, -0.2) is 30.3 Å². The van der Waals surface area contributed by atoms with E-state index in [4.69, 9.17) is 10.8 Å². The number of hydrogen-bond donors (Lipinski definition) is 3. The van der Waals surface area contributed by atoms with Gasteiger partial charge in [0.05, 0.1) is 0 Å². The molecule has 0 aliphatic heterocycles. The van der Waals surface area contributed by atoms with Crippen LogP contribution in [0.2, 0.25) is 0 Å². The van der Waals surface area contributed by atoms with Gasteiger partial charge in [-0.1, -0.05) is 40.0 Å². The lowest BCUT2D eigenvalue weighted by Gasteiger charge is -2.16. The summed E-state index contributed by atoms with van der Waals surface area (Å²) in [7, 11) is 0. The molecule has 0 saturated heterocycles. The highest BCUT2D eigenvalue weighted by atomic mass is 127. The zero-order chi connectivity index (χ0) is 15.4. The summed E-state index contributed by atoms with van der Waals surface area (Å²) in [6.45, 7) is 9.77. The lowest BCUT2D eigenvalue weighted by Crippen LogP contribution is -2.38. The molecule has 0 aliphatic carbocycles. The monoisotopic (exact) mass is 413 g/mol. The summed E-state index contributed by atoms with van der Waals surface area (Å²) < 4.78 is 0. The lowest BCUT2D eigenvalue weighted by atomic mass is 10.0. The van der Waals surface area contributed by atoms with Crippen molar-refractivity contribution in [1.29, 1.82) is 0 Å². The molecule has 0 heterocycles. The smallest absolute Gasteiger partial charge is 0.188 e. The molecule has 0 saturated carbocycles.